The molecular formula is C15H20FN3S. The van der Waals surface area contributed by atoms with E-state index in [2.05, 4.69) is 23.5 Å². The molecule has 0 bridgehead atoms. The number of thioether (sulfide) groups is 1. The molecule has 0 aliphatic heterocycles. The molecule has 1 unspecified atom stereocenters. The van der Waals surface area contributed by atoms with Gasteiger partial charge in [0, 0.05) is 35.0 Å². The number of aromatic nitrogens is 2. The van der Waals surface area contributed by atoms with Crippen LogP contribution in [0.15, 0.2) is 41.6 Å². The van der Waals surface area contributed by atoms with Crippen molar-refractivity contribution in [2.75, 3.05) is 12.8 Å². The lowest BCUT2D eigenvalue weighted by Crippen LogP contribution is -2.18. The van der Waals surface area contributed by atoms with Crippen LogP contribution in [0.25, 0.3) is 0 Å². The van der Waals surface area contributed by atoms with Gasteiger partial charge in [-0.05, 0) is 31.7 Å². The third-order valence-electron chi connectivity index (χ3n) is 3.07. The summed E-state index contributed by atoms with van der Waals surface area (Å²) in [6.45, 7) is 3.07. The maximum absolute atomic E-state index is 13.1. The molecule has 0 saturated heterocycles. The average Bonchev–Trinajstić information content (AvgIpc) is 2.89. The van der Waals surface area contributed by atoms with Gasteiger partial charge < -0.3 is 5.32 Å². The molecule has 0 spiro atoms. The van der Waals surface area contributed by atoms with Crippen LogP contribution < -0.4 is 5.32 Å². The SMILES string of the molecule is CCCn1cc(C(CSc2cccc(F)c2)NC)cn1. The maximum Gasteiger partial charge on any atom is 0.124 e. The van der Waals surface area contributed by atoms with Gasteiger partial charge in [0.2, 0.25) is 0 Å². The van der Waals surface area contributed by atoms with Crippen molar-refractivity contribution < 1.29 is 4.39 Å². The summed E-state index contributed by atoms with van der Waals surface area (Å²) in [5.41, 5.74) is 1.17. The summed E-state index contributed by atoms with van der Waals surface area (Å²) in [4.78, 5) is 0.950. The molecule has 0 amide bonds. The Morgan fingerprint density at radius 3 is 3.00 bits per heavy atom. The van der Waals surface area contributed by atoms with E-state index in [4.69, 9.17) is 0 Å². The quantitative estimate of drug-likeness (QED) is 0.793. The second kappa shape index (κ2) is 7.45. The van der Waals surface area contributed by atoms with Gasteiger partial charge in [-0.3, -0.25) is 4.68 Å². The van der Waals surface area contributed by atoms with Crippen molar-refractivity contribution in [2.24, 2.45) is 0 Å². The summed E-state index contributed by atoms with van der Waals surface area (Å²) in [5.74, 6) is 0.657. The summed E-state index contributed by atoms with van der Waals surface area (Å²) in [7, 11) is 1.94. The van der Waals surface area contributed by atoms with Gasteiger partial charge in [-0.25, -0.2) is 4.39 Å². The number of nitrogens with one attached hydrogen (secondary N) is 1. The number of nitrogens with zero attached hydrogens (tertiary/aromatic N) is 2. The van der Waals surface area contributed by atoms with Crippen molar-refractivity contribution in [2.45, 2.75) is 30.8 Å². The zero-order valence-electron chi connectivity index (χ0n) is 11.8. The zero-order valence-corrected chi connectivity index (χ0v) is 12.7. The molecule has 5 heteroatoms. The number of halogens is 1. The van der Waals surface area contributed by atoms with E-state index in [0.29, 0.717) is 0 Å². The second-order valence-corrected chi connectivity index (χ2v) is 5.74. The number of hydrogen-bond donors (Lipinski definition) is 1. The van der Waals surface area contributed by atoms with Crippen LogP contribution in [0, 0.1) is 5.82 Å². The van der Waals surface area contributed by atoms with Crippen molar-refractivity contribution in [1.29, 1.82) is 0 Å². The van der Waals surface area contributed by atoms with Crippen LogP contribution in [0.3, 0.4) is 0 Å². The third kappa shape index (κ3) is 4.08. The second-order valence-electron chi connectivity index (χ2n) is 4.65. The van der Waals surface area contributed by atoms with E-state index in [0.717, 1.165) is 23.6 Å². The lowest BCUT2D eigenvalue weighted by Gasteiger charge is -2.14. The standard InChI is InChI=1S/C15H20FN3S/c1-3-7-19-10-12(9-18-19)15(17-2)11-20-14-6-4-5-13(16)8-14/h4-6,8-10,15,17H,3,7,11H2,1-2H3. The Labute approximate surface area is 123 Å². The van der Waals surface area contributed by atoms with E-state index >= 15 is 0 Å². The first kappa shape index (κ1) is 15.1. The van der Waals surface area contributed by atoms with Gasteiger partial charge >= 0.3 is 0 Å². The van der Waals surface area contributed by atoms with E-state index in [9.17, 15) is 4.39 Å². The molecule has 1 atom stereocenters. The Hall–Kier alpha value is -1.33. The van der Waals surface area contributed by atoms with Crippen LogP contribution in [-0.4, -0.2) is 22.6 Å². The largest absolute Gasteiger partial charge is 0.312 e. The Morgan fingerprint density at radius 2 is 2.30 bits per heavy atom. The molecule has 0 saturated carbocycles. The van der Waals surface area contributed by atoms with Crippen LogP contribution in [0.2, 0.25) is 0 Å². The van der Waals surface area contributed by atoms with Crippen LogP contribution in [0.5, 0.6) is 0 Å². The van der Waals surface area contributed by atoms with E-state index < -0.39 is 0 Å². The summed E-state index contributed by atoms with van der Waals surface area (Å²) < 4.78 is 15.1. The first-order chi connectivity index (χ1) is 9.72. The van der Waals surface area contributed by atoms with E-state index in [-0.39, 0.29) is 11.9 Å². The molecule has 20 heavy (non-hydrogen) atoms. The molecule has 108 valence electrons. The van der Waals surface area contributed by atoms with Gasteiger partial charge in [-0.2, -0.15) is 5.10 Å². The van der Waals surface area contributed by atoms with Gasteiger partial charge in [0.1, 0.15) is 5.82 Å². The summed E-state index contributed by atoms with van der Waals surface area (Å²) in [6.07, 6.45) is 5.06. The van der Waals surface area contributed by atoms with Crippen LogP contribution in [0.1, 0.15) is 24.9 Å². The predicted octanol–water partition coefficient (Wildman–Crippen LogP) is 3.49. The van der Waals surface area contributed by atoms with E-state index in [1.807, 2.05) is 24.0 Å². The summed E-state index contributed by atoms with van der Waals surface area (Å²) in [6, 6.07) is 6.92. The Balaban J connectivity index is 1.97. The molecule has 0 aliphatic carbocycles. The van der Waals surface area contributed by atoms with Crippen LogP contribution >= 0.6 is 11.8 Å². The van der Waals surface area contributed by atoms with E-state index in [1.165, 1.54) is 11.6 Å². The maximum atomic E-state index is 13.1. The highest BCUT2D eigenvalue weighted by Gasteiger charge is 2.12. The summed E-state index contributed by atoms with van der Waals surface area (Å²) in [5, 5.41) is 7.64. The van der Waals surface area contributed by atoms with Crippen molar-refractivity contribution in [1.82, 2.24) is 15.1 Å². The molecular weight excluding hydrogens is 273 g/mol. The topological polar surface area (TPSA) is 29.9 Å². The molecule has 0 aliphatic rings. The van der Waals surface area contributed by atoms with Crippen molar-refractivity contribution in [3.8, 4) is 0 Å². The minimum atomic E-state index is -0.188. The lowest BCUT2D eigenvalue weighted by molar-refractivity contribution is 0.599. The fourth-order valence-corrected chi connectivity index (χ4v) is 3.08. The molecule has 0 radical (unpaired) electrons. The van der Waals surface area contributed by atoms with Gasteiger partial charge in [0.15, 0.2) is 0 Å². The first-order valence-corrected chi connectivity index (χ1v) is 7.79. The highest BCUT2D eigenvalue weighted by Crippen LogP contribution is 2.24. The first-order valence-electron chi connectivity index (χ1n) is 6.81. The third-order valence-corrected chi connectivity index (χ3v) is 4.16. The molecule has 2 rings (SSSR count). The molecule has 0 fully saturated rings. The smallest absolute Gasteiger partial charge is 0.124 e. The summed E-state index contributed by atoms with van der Waals surface area (Å²) >= 11 is 1.65. The number of benzene rings is 1. The monoisotopic (exact) mass is 293 g/mol. The highest BCUT2D eigenvalue weighted by molar-refractivity contribution is 7.99. The number of aryl methyl sites for hydroxylation is 1. The van der Waals surface area contributed by atoms with Crippen molar-refractivity contribution in [3.05, 3.63) is 48.0 Å². The predicted molar refractivity (Wildman–Crippen MR) is 81.4 cm³/mol. The Morgan fingerprint density at radius 1 is 1.45 bits per heavy atom. The molecule has 2 aromatic rings. The minimum absolute atomic E-state index is 0.188. The molecule has 1 aromatic carbocycles. The van der Waals surface area contributed by atoms with E-state index in [1.54, 1.807) is 23.9 Å². The Bertz CT molecular complexity index is 541. The highest BCUT2D eigenvalue weighted by atomic mass is 32.2. The van der Waals surface area contributed by atoms with Gasteiger partial charge in [0.05, 0.1) is 6.20 Å². The number of rotatable bonds is 7. The molecule has 3 nitrogen and oxygen atoms in total. The van der Waals surface area contributed by atoms with Gasteiger partial charge in [-0.1, -0.05) is 13.0 Å². The van der Waals surface area contributed by atoms with Crippen molar-refractivity contribution in [3.63, 3.8) is 0 Å². The van der Waals surface area contributed by atoms with Crippen LogP contribution in [-0.2, 0) is 6.54 Å². The molecule has 1 heterocycles. The molecule has 1 aromatic heterocycles. The fraction of sp³-hybridized carbons (Fsp3) is 0.400. The zero-order chi connectivity index (χ0) is 14.4. The van der Waals surface area contributed by atoms with Gasteiger partial charge in [0.25, 0.3) is 0 Å². The lowest BCUT2D eigenvalue weighted by atomic mass is 10.2. The average molecular weight is 293 g/mol. The molecule has 1 N–H and O–H groups in total. The fourth-order valence-electron chi connectivity index (χ4n) is 1.99. The van der Waals surface area contributed by atoms with Crippen LogP contribution in [0.4, 0.5) is 4.39 Å². The van der Waals surface area contributed by atoms with Gasteiger partial charge in [-0.15, -0.1) is 11.8 Å². The minimum Gasteiger partial charge on any atom is -0.312 e. The van der Waals surface area contributed by atoms with Crippen molar-refractivity contribution >= 4 is 11.8 Å². The number of hydrogen-bond acceptors (Lipinski definition) is 3. The normalized spacial score (nSPS) is 12.6. The Kier molecular flexibility index (Phi) is 5.61.